The van der Waals surface area contributed by atoms with Gasteiger partial charge in [0.15, 0.2) is 0 Å². The van der Waals surface area contributed by atoms with Gasteiger partial charge in [0.25, 0.3) is 0 Å². The lowest BCUT2D eigenvalue weighted by Gasteiger charge is -2.15. The highest BCUT2D eigenvalue weighted by molar-refractivity contribution is 5.43. The highest BCUT2D eigenvalue weighted by Crippen LogP contribution is 2.23. The van der Waals surface area contributed by atoms with Crippen molar-refractivity contribution in [3.63, 3.8) is 0 Å². The third kappa shape index (κ3) is 2.24. The summed E-state index contributed by atoms with van der Waals surface area (Å²) < 4.78 is 1.97. The zero-order valence-corrected chi connectivity index (χ0v) is 10.6. The van der Waals surface area contributed by atoms with Crippen LogP contribution in [0, 0.1) is 13.8 Å². The van der Waals surface area contributed by atoms with E-state index < -0.39 is 0 Å². The molecule has 17 heavy (non-hydrogen) atoms. The summed E-state index contributed by atoms with van der Waals surface area (Å²) >= 11 is 0. The fourth-order valence-electron chi connectivity index (χ4n) is 2.09. The molecule has 0 saturated heterocycles. The SMILES string of the molecule is CC[C@@H](N)c1ccccc1-n1nc(C)cc1C. The molecule has 2 rings (SSSR count). The number of aromatic nitrogens is 2. The molecule has 0 radical (unpaired) electrons. The first-order valence-corrected chi connectivity index (χ1v) is 6.01. The van der Waals surface area contributed by atoms with Crippen LogP contribution in [0.25, 0.3) is 5.69 Å². The molecule has 1 aromatic carbocycles. The fraction of sp³-hybridized carbons (Fsp3) is 0.357. The van der Waals surface area contributed by atoms with Crippen LogP contribution in [0.4, 0.5) is 0 Å². The number of nitrogens with zero attached hydrogens (tertiary/aromatic N) is 2. The van der Waals surface area contributed by atoms with Gasteiger partial charge in [-0.1, -0.05) is 25.1 Å². The Morgan fingerprint density at radius 3 is 2.59 bits per heavy atom. The number of benzene rings is 1. The van der Waals surface area contributed by atoms with E-state index in [9.17, 15) is 0 Å². The van der Waals surface area contributed by atoms with E-state index in [0.717, 1.165) is 29.1 Å². The van der Waals surface area contributed by atoms with Gasteiger partial charge in [0.05, 0.1) is 11.4 Å². The fourth-order valence-corrected chi connectivity index (χ4v) is 2.09. The Kier molecular flexibility index (Phi) is 3.29. The second-order valence-electron chi connectivity index (χ2n) is 4.41. The zero-order chi connectivity index (χ0) is 12.4. The minimum atomic E-state index is 0.0649. The predicted molar refractivity (Wildman–Crippen MR) is 70.3 cm³/mol. The zero-order valence-electron chi connectivity index (χ0n) is 10.6. The largest absolute Gasteiger partial charge is 0.324 e. The summed E-state index contributed by atoms with van der Waals surface area (Å²) in [5.41, 5.74) is 10.6. The van der Waals surface area contributed by atoms with Crippen LogP contribution >= 0.6 is 0 Å². The van der Waals surface area contributed by atoms with Crippen molar-refractivity contribution in [2.45, 2.75) is 33.2 Å². The predicted octanol–water partition coefficient (Wildman–Crippen LogP) is 2.90. The average Bonchev–Trinajstić information content (AvgIpc) is 2.67. The molecule has 1 aromatic heterocycles. The van der Waals surface area contributed by atoms with Crippen molar-refractivity contribution in [2.75, 3.05) is 0 Å². The van der Waals surface area contributed by atoms with E-state index in [1.165, 1.54) is 0 Å². The molecule has 0 fully saturated rings. The highest BCUT2D eigenvalue weighted by atomic mass is 15.3. The highest BCUT2D eigenvalue weighted by Gasteiger charge is 2.12. The van der Waals surface area contributed by atoms with Crippen LogP contribution in [0.1, 0.15) is 36.3 Å². The maximum Gasteiger partial charge on any atom is 0.0696 e. The van der Waals surface area contributed by atoms with Gasteiger partial charge in [-0.3, -0.25) is 0 Å². The van der Waals surface area contributed by atoms with E-state index in [1.807, 2.05) is 23.7 Å². The van der Waals surface area contributed by atoms with Gasteiger partial charge in [0.1, 0.15) is 0 Å². The van der Waals surface area contributed by atoms with E-state index in [-0.39, 0.29) is 6.04 Å². The lowest BCUT2D eigenvalue weighted by Crippen LogP contribution is -2.13. The van der Waals surface area contributed by atoms with Gasteiger partial charge in [-0.05, 0) is 38.0 Å². The Balaban J connectivity index is 2.55. The van der Waals surface area contributed by atoms with Gasteiger partial charge in [-0.15, -0.1) is 0 Å². The molecule has 0 aliphatic carbocycles. The van der Waals surface area contributed by atoms with Crippen molar-refractivity contribution in [1.29, 1.82) is 0 Å². The van der Waals surface area contributed by atoms with Gasteiger partial charge < -0.3 is 5.73 Å². The van der Waals surface area contributed by atoms with Crippen LogP contribution in [0.3, 0.4) is 0 Å². The minimum absolute atomic E-state index is 0.0649. The van der Waals surface area contributed by atoms with Crippen LogP contribution in [0.15, 0.2) is 30.3 Å². The molecule has 1 heterocycles. The van der Waals surface area contributed by atoms with Gasteiger partial charge >= 0.3 is 0 Å². The summed E-state index contributed by atoms with van der Waals surface area (Å²) in [4.78, 5) is 0. The second kappa shape index (κ2) is 4.72. The monoisotopic (exact) mass is 229 g/mol. The Morgan fingerprint density at radius 2 is 2.00 bits per heavy atom. The lowest BCUT2D eigenvalue weighted by molar-refractivity contribution is 0.683. The maximum absolute atomic E-state index is 6.15. The number of hydrogen-bond acceptors (Lipinski definition) is 2. The average molecular weight is 229 g/mol. The van der Waals surface area contributed by atoms with Crippen molar-refractivity contribution in [3.8, 4) is 5.69 Å². The molecule has 0 aliphatic heterocycles. The third-order valence-electron chi connectivity index (χ3n) is 3.01. The van der Waals surface area contributed by atoms with Gasteiger partial charge in [-0.25, -0.2) is 4.68 Å². The quantitative estimate of drug-likeness (QED) is 0.879. The van der Waals surface area contributed by atoms with Crippen molar-refractivity contribution in [3.05, 3.63) is 47.3 Å². The maximum atomic E-state index is 6.15. The first kappa shape index (κ1) is 11.9. The smallest absolute Gasteiger partial charge is 0.0696 e. The van der Waals surface area contributed by atoms with Gasteiger partial charge in [0, 0.05) is 11.7 Å². The first-order valence-electron chi connectivity index (χ1n) is 6.01. The van der Waals surface area contributed by atoms with E-state index in [4.69, 9.17) is 5.73 Å². The van der Waals surface area contributed by atoms with Crippen LogP contribution in [0.2, 0.25) is 0 Å². The molecule has 0 amide bonds. The van der Waals surface area contributed by atoms with Crippen molar-refractivity contribution in [1.82, 2.24) is 9.78 Å². The third-order valence-corrected chi connectivity index (χ3v) is 3.01. The minimum Gasteiger partial charge on any atom is -0.324 e. The molecular weight excluding hydrogens is 210 g/mol. The van der Waals surface area contributed by atoms with Crippen LogP contribution in [0.5, 0.6) is 0 Å². The number of nitrogens with two attached hydrogens (primary N) is 1. The summed E-state index contributed by atoms with van der Waals surface area (Å²) in [6.07, 6.45) is 0.927. The molecule has 2 aromatic rings. The number of aryl methyl sites for hydroxylation is 2. The van der Waals surface area contributed by atoms with Gasteiger partial charge in [-0.2, -0.15) is 5.10 Å². The molecule has 3 heteroatoms. The Hall–Kier alpha value is -1.61. The molecule has 0 spiro atoms. The molecule has 0 saturated carbocycles. The summed E-state index contributed by atoms with van der Waals surface area (Å²) in [6.45, 7) is 6.17. The standard InChI is InChI=1S/C14H19N3/c1-4-13(15)12-7-5-6-8-14(12)17-11(3)9-10(2)16-17/h5-9,13H,4,15H2,1-3H3/t13-/m1/s1. The Labute approximate surface area is 102 Å². The first-order chi connectivity index (χ1) is 8.13. The van der Waals surface area contributed by atoms with Gasteiger partial charge in [0.2, 0.25) is 0 Å². The normalized spacial score (nSPS) is 12.7. The van der Waals surface area contributed by atoms with E-state index in [0.29, 0.717) is 0 Å². The molecule has 0 bridgehead atoms. The molecule has 0 aliphatic rings. The van der Waals surface area contributed by atoms with Crippen LogP contribution in [-0.2, 0) is 0 Å². The summed E-state index contributed by atoms with van der Waals surface area (Å²) in [5.74, 6) is 0. The Bertz CT molecular complexity index is 514. The molecule has 90 valence electrons. The topological polar surface area (TPSA) is 43.8 Å². The molecular formula is C14H19N3. The van der Waals surface area contributed by atoms with E-state index in [2.05, 4.69) is 37.1 Å². The second-order valence-corrected chi connectivity index (χ2v) is 4.41. The molecule has 1 atom stereocenters. The number of hydrogen-bond donors (Lipinski definition) is 1. The molecule has 0 unspecified atom stereocenters. The van der Waals surface area contributed by atoms with Crippen molar-refractivity contribution in [2.24, 2.45) is 5.73 Å². The molecule has 2 N–H and O–H groups in total. The number of rotatable bonds is 3. The molecule has 3 nitrogen and oxygen atoms in total. The van der Waals surface area contributed by atoms with E-state index in [1.54, 1.807) is 0 Å². The van der Waals surface area contributed by atoms with Crippen molar-refractivity contribution < 1.29 is 0 Å². The number of para-hydroxylation sites is 1. The van der Waals surface area contributed by atoms with Crippen molar-refractivity contribution >= 4 is 0 Å². The summed E-state index contributed by atoms with van der Waals surface area (Å²) in [7, 11) is 0. The lowest BCUT2D eigenvalue weighted by atomic mass is 10.0. The summed E-state index contributed by atoms with van der Waals surface area (Å²) in [5, 5.41) is 4.52. The van der Waals surface area contributed by atoms with Crippen LogP contribution < -0.4 is 5.73 Å². The van der Waals surface area contributed by atoms with Crippen LogP contribution in [-0.4, -0.2) is 9.78 Å². The Morgan fingerprint density at radius 1 is 1.29 bits per heavy atom. The van der Waals surface area contributed by atoms with E-state index >= 15 is 0 Å². The summed E-state index contributed by atoms with van der Waals surface area (Å²) in [6, 6.07) is 10.4.